The van der Waals surface area contributed by atoms with Crippen LogP contribution in [0.3, 0.4) is 0 Å². The number of aromatic nitrogens is 2. The Balaban J connectivity index is 2.04. The summed E-state index contributed by atoms with van der Waals surface area (Å²) >= 11 is 3.41. The minimum atomic E-state index is 0.361. The first-order valence-corrected chi connectivity index (χ1v) is 5.62. The monoisotopic (exact) mass is 281 g/mol. The van der Waals surface area contributed by atoms with E-state index < -0.39 is 0 Å². The van der Waals surface area contributed by atoms with Crippen LogP contribution < -0.4 is 10.5 Å². The number of hydrogen-bond donors (Lipinski definition) is 1. The molecule has 4 nitrogen and oxygen atoms in total. The maximum Gasteiger partial charge on any atom is 0.180 e. The molecule has 0 spiro atoms. The summed E-state index contributed by atoms with van der Waals surface area (Å²) in [4.78, 5) is 0. The molecule has 0 saturated carbocycles. The van der Waals surface area contributed by atoms with Crippen molar-refractivity contribution in [2.24, 2.45) is 0 Å². The second-order valence-electron chi connectivity index (χ2n) is 3.46. The van der Waals surface area contributed by atoms with Gasteiger partial charge in [0.2, 0.25) is 0 Å². The van der Waals surface area contributed by atoms with Gasteiger partial charge in [0, 0.05) is 16.7 Å². The lowest BCUT2D eigenvalue weighted by Gasteiger charge is -2.09. The van der Waals surface area contributed by atoms with Crippen molar-refractivity contribution in [3.05, 3.63) is 40.5 Å². The highest BCUT2D eigenvalue weighted by atomic mass is 79.9. The second kappa shape index (κ2) is 4.57. The van der Waals surface area contributed by atoms with Crippen LogP contribution in [0.15, 0.2) is 34.9 Å². The van der Waals surface area contributed by atoms with E-state index in [0.717, 1.165) is 15.8 Å². The van der Waals surface area contributed by atoms with Crippen LogP contribution in [0.2, 0.25) is 0 Å². The molecule has 2 aromatic rings. The van der Waals surface area contributed by atoms with Crippen molar-refractivity contribution < 1.29 is 4.74 Å². The zero-order valence-corrected chi connectivity index (χ0v) is 10.4. The first kappa shape index (κ1) is 11.0. The van der Waals surface area contributed by atoms with Crippen LogP contribution in [-0.2, 0) is 6.73 Å². The molecule has 0 aliphatic carbocycles. The molecular weight excluding hydrogens is 270 g/mol. The molecule has 2 rings (SSSR count). The molecule has 5 heteroatoms. The first-order valence-electron chi connectivity index (χ1n) is 4.83. The van der Waals surface area contributed by atoms with E-state index in [0.29, 0.717) is 12.5 Å². The van der Waals surface area contributed by atoms with Crippen molar-refractivity contribution in [1.82, 2.24) is 9.78 Å². The van der Waals surface area contributed by atoms with Crippen LogP contribution >= 0.6 is 15.9 Å². The highest BCUT2D eigenvalue weighted by Gasteiger charge is 2.01. The zero-order chi connectivity index (χ0) is 11.5. The smallest absolute Gasteiger partial charge is 0.180 e. The Bertz CT molecular complexity index is 496. The highest BCUT2D eigenvalue weighted by Crippen LogP contribution is 2.22. The number of rotatable bonds is 3. The quantitative estimate of drug-likeness (QED) is 0.941. The van der Waals surface area contributed by atoms with Crippen LogP contribution in [0.4, 0.5) is 5.82 Å². The number of ether oxygens (including phenoxy) is 1. The molecular formula is C11H12BrN3O. The average molecular weight is 282 g/mol. The largest absolute Gasteiger partial charge is 0.471 e. The predicted molar refractivity (Wildman–Crippen MR) is 66.1 cm³/mol. The van der Waals surface area contributed by atoms with Gasteiger partial charge >= 0.3 is 0 Å². The van der Waals surface area contributed by atoms with E-state index in [2.05, 4.69) is 21.0 Å². The van der Waals surface area contributed by atoms with E-state index in [1.165, 1.54) is 0 Å². The topological polar surface area (TPSA) is 53.1 Å². The molecule has 0 aliphatic heterocycles. The molecule has 1 aromatic heterocycles. The lowest BCUT2D eigenvalue weighted by atomic mass is 10.2. The molecule has 1 aromatic carbocycles. The Morgan fingerprint density at radius 3 is 2.88 bits per heavy atom. The van der Waals surface area contributed by atoms with E-state index in [1.807, 2.05) is 25.1 Å². The molecule has 0 amide bonds. The first-order chi connectivity index (χ1) is 7.65. The van der Waals surface area contributed by atoms with E-state index in [1.54, 1.807) is 16.9 Å². The van der Waals surface area contributed by atoms with Crippen molar-refractivity contribution in [1.29, 1.82) is 0 Å². The summed E-state index contributed by atoms with van der Waals surface area (Å²) in [5, 5.41) is 4.03. The van der Waals surface area contributed by atoms with Gasteiger partial charge in [0.25, 0.3) is 0 Å². The second-order valence-corrected chi connectivity index (χ2v) is 4.38. The van der Waals surface area contributed by atoms with Crippen molar-refractivity contribution in [3.8, 4) is 5.75 Å². The molecule has 1 heterocycles. The standard InChI is InChI=1S/C11H12BrN3O/c1-8-6-9(12)2-3-10(8)16-7-15-5-4-11(13)14-15/h2-6H,7H2,1H3,(H2,13,14). The Labute approximate surface area is 102 Å². The number of benzene rings is 1. The molecule has 0 aliphatic rings. The lowest BCUT2D eigenvalue weighted by molar-refractivity contribution is 0.220. The van der Waals surface area contributed by atoms with E-state index in [9.17, 15) is 0 Å². The number of nitrogens with zero attached hydrogens (tertiary/aromatic N) is 2. The number of halogens is 1. The van der Waals surface area contributed by atoms with Crippen LogP contribution in [0.5, 0.6) is 5.75 Å². The molecule has 0 saturated heterocycles. The summed E-state index contributed by atoms with van der Waals surface area (Å²) in [6.07, 6.45) is 1.78. The van der Waals surface area contributed by atoms with E-state index >= 15 is 0 Å². The summed E-state index contributed by atoms with van der Waals surface area (Å²) in [5.74, 6) is 1.34. The van der Waals surface area contributed by atoms with E-state index in [4.69, 9.17) is 10.5 Å². The van der Waals surface area contributed by atoms with E-state index in [-0.39, 0.29) is 0 Å². The highest BCUT2D eigenvalue weighted by molar-refractivity contribution is 9.10. The van der Waals surface area contributed by atoms with Crippen molar-refractivity contribution in [2.45, 2.75) is 13.7 Å². The van der Waals surface area contributed by atoms with Gasteiger partial charge in [0.15, 0.2) is 6.73 Å². The summed E-state index contributed by atoms with van der Waals surface area (Å²) in [7, 11) is 0. The number of aryl methyl sites for hydroxylation is 1. The van der Waals surface area contributed by atoms with Gasteiger partial charge in [-0.3, -0.25) is 0 Å². The molecule has 84 valence electrons. The number of nitrogen functional groups attached to an aromatic ring is 1. The molecule has 0 bridgehead atoms. The van der Waals surface area contributed by atoms with Gasteiger partial charge in [-0.05, 0) is 30.7 Å². The minimum Gasteiger partial charge on any atom is -0.471 e. The summed E-state index contributed by atoms with van der Waals surface area (Å²) < 4.78 is 8.31. The van der Waals surface area contributed by atoms with Gasteiger partial charge in [0.1, 0.15) is 11.6 Å². The van der Waals surface area contributed by atoms with Gasteiger partial charge in [0.05, 0.1) is 0 Å². The fourth-order valence-electron chi connectivity index (χ4n) is 1.36. The average Bonchev–Trinajstić information content (AvgIpc) is 2.63. The van der Waals surface area contributed by atoms with Crippen molar-refractivity contribution in [2.75, 3.05) is 5.73 Å². The third kappa shape index (κ3) is 2.55. The van der Waals surface area contributed by atoms with Gasteiger partial charge in [-0.25, -0.2) is 4.68 Å². The number of hydrogen-bond acceptors (Lipinski definition) is 3. The third-order valence-corrected chi connectivity index (χ3v) is 2.64. The minimum absolute atomic E-state index is 0.361. The Morgan fingerprint density at radius 1 is 1.44 bits per heavy atom. The SMILES string of the molecule is Cc1cc(Br)ccc1OCn1ccc(N)n1. The molecule has 2 N–H and O–H groups in total. The normalized spacial score (nSPS) is 10.4. The molecule has 0 unspecified atom stereocenters. The summed E-state index contributed by atoms with van der Waals surface area (Å²) in [6.45, 7) is 2.36. The van der Waals surface area contributed by atoms with Crippen LogP contribution in [0.1, 0.15) is 5.56 Å². The third-order valence-electron chi connectivity index (χ3n) is 2.15. The maximum absolute atomic E-state index is 5.62. The summed E-state index contributed by atoms with van der Waals surface area (Å²) in [6, 6.07) is 7.61. The van der Waals surface area contributed by atoms with Gasteiger partial charge in [-0.15, -0.1) is 0 Å². The zero-order valence-electron chi connectivity index (χ0n) is 8.85. The predicted octanol–water partition coefficient (Wildman–Crippen LogP) is 2.57. The number of nitrogens with two attached hydrogens (primary N) is 1. The molecule has 16 heavy (non-hydrogen) atoms. The Morgan fingerprint density at radius 2 is 2.25 bits per heavy atom. The molecule has 0 radical (unpaired) electrons. The van der Waals surface area contributed by atoms with Gasteiger partial charge in [-0.1, -0.05) is 15.9 Å². The van der Waals surface area contributed by atoms with Crippen molar-refractivity contribution >= 4 is 21.7 Å². The Hall–Kier alpha value is -1.49. The Kier molecular flexibility index (Phi) is 3.14. The molecule has 0 atom stereocenters. The van der Waals surface area contributed by atoms with Gasteiger partial charge < -0.3 is 10.5 Å². The molecule has 0 fully saturated rings. The lowest BCUT2D eigenvalue weighted by Crippen LogP contribution is -2.06. The van der Waals surface area contributed by atoms with Gasteiger partial charge in [-0.2, -0.15) is 5.10 Å². The fraction of sp³-hybridized carbons (Fsp3) is 0.182. The van der Waals surface area contributed by atoms with Crippen LogP contribution in [0.25, 0.3) is 0 Å². The maximum atomic E-state index is 5.62. The van der Waals surface area contributed by atoms with Crippen molar-refractivity contribution in [3.63, 3.8) is 0 Å². The van der Waals surface area contributed by atoms with Crippen LogP contribution in [0, 0.1) is 6.92 Å². The fourth-order valence-corrected chi connectivity index (χ4v) is 1.84. The summed E-state index contributed by atoms with van der Waals surface area (Å²) in [5.41, 5.74) is 6.58. The van der Waals surface area contributed by atoms with Crippen LogP contribution in [-0.4, -0.2) is 9.78 Å². The number of anilines is 1.